The summed E-state index contributed by atoms with van der Waals surface area (Å²) in [5.74, 6) is 0. The minimum absolute atomic E-state index is 0.0241. The molecule has 0 saturated carbocycles. The number of alkyl halides is 3. The van der Waals surface area contributed by atoms with Crippen molar-refractivity contribution in [3.8, 4) is 5.69 Å². The predicted octanol–water partition coefficient (Wildman–Crippen LogP) is 3.09. The summed E-state index contributed by atoms with van der Waals surface area (Å²) in [5, 5.41) is 16.0. The number of hydrogen-bond acceptors (Lipinski definition) is 3. The van der Waals surface area contributed by atoms with Gasteiger partial charge in [-0.25, -0.2) is 0 Å². The van der Waals surface area contributed by atoms with Gasteiger partial charge in [-0.05, 0) is 12.1 Å². The number of aliphatic hydroxyl groups is 1. The molecule has 2 aromatic rings. The molecule has 0 atom stereocenters. The zero-order valence-corrected chi connectivity index (χ0v) is 10.6. The van der Waals surface area contributed by atoms with Crippen LogP contribution in [0.4, 0.5) is 13.2 Å². The highest BCUT2D eigenvalue weighted by Crippen LogP contribution is 2.36. The van der Waals surface area contributed by atoms with Crippen molar-refractivity contribution in [2.45, 2.75) is 12.8 Å². The topological polar surface area (TPSA) is 50.9 Å². The summed E-state index contributed by atoms with van der Waals surface area (Å²) in [6.07, 6.45) is -3.29. The van der Waals surface area contributed by atoms with Crippen molar-refractivity contribution in [3.63, 3.8) is 0 Å². The number of aromatic nitrogens is 3. The Morgan fingerprint density at radius 2 is 1.79 bits per heavy atom. The van der Waals surface area contributed by atoms with E-state index in [2.05, 4.69) is 10.2 Å². The SMILES string of the molecule is OCc1cnn(-c2c(Cl)cc(C(F)(F)F)cc2Cl)n1. The van der Waals surface area contributed by atoms with Crippen LogP contribution in [0.5, 0.6) is 0 Å². The van der Waals surface area contributed by atoms with Gasteiger partial charge in [-0.1, -0.05) is 23.2 Å². The van der Waals surface area contributed by atoms with Crippen LogP contribution < -0.4 is 0 Å². The molecule has 0 aliphatic carbocycles. The van der Waals surface area contributed by atoms with E-state index in [0.717, 1.165) is 16.9 Å². The molecule has 19 heavy (non-hydrogen) atoms. The van der Waals surface area contributed by atoms with Crippen LogP contribution in [0.15, 0.2) is 18.3 Å². The van der Waals surface area contributed by atoms with Gasteiger partial charge in [0.25, 0.3) is 0 Å². The van der Waals surface area contributed by atoms with E-state index in [4.69, 9.17) is 28.3 Å². The fraction of sp³-hybridized carbons (Fsp3) is 0.200. The Morgan fingerprint density at radius 1 is 1.21 bits per heavy atom. The lowest BCUT2D eigenvalue weighted by Gasteiger charge is -2.11. The average Bonchev–Trinajstić information content (AvgIpc) is 2.75. The standard InChI is InChI=1S/C10H6Cl2F3N3O/c11-7-1-5(10(13,14)15)2-8(12)9(7)18-16-3-6(4-19)17-18/h1-3,19H,4H2. The highest BCUT2D eigenvalue weighted by Gasteiger charge is 2.32. The van der Waals surface area contributed by atoms with Crippen LogP contribution in [0.1, 0.15) is 11.3 Å². The molecule has 0 fully saturated rings. The van der Waals surface area contributed by atoms with Crippen molar-refractivity contribution in [3.05, 3.63) is 39.6 Å². The van der Waals surface area contributed by atoms with Crippen molar-refractivity contribution in [2.75, 3.05) is 0 Å². The molecule has 2 rings (SSSR count). The van der Waals surface area contributed by atoms with Gasteiger partial charge in [-0.15, -0.1) is 4.80 Å². The van der Waals surface area contributed by atoms with Crippen LogP contribution in [0, 0.1) is 0 Å². The molecule has 1 N–H and O–H groups in total. The Hall–Kier alpha value is -1.31. The first kappa shape index (κ1) is 14.1. The lowest BCUT2D eigenvalue weighted by molar-refractivity contribution is -0.137. The van der Waals surface area contributed by atoms with Crippen LogP contribution in [-0.2, 0) is 12.8 Å². The van der Waals surface area contributed by atoms with Crippen LogP contribution in [0.3, 0.4) is 0 Å². The molecule has 1 aromatic carbocycles. The quantitative estimate of drug-likeness (QED) is 0.927. The van der Waals surface area contributed by atoms with E-state index in [9.17, 15) is 13.2 Å². The van der Waals surface area contributed by atoms with Gasteiger partial charge in [0.2, 0.25) is 0 Å². The Kier molecular flexibility index (Phi) is 3.71. The predicted molar refractivity (Wildman–Crippen MR) is 62.3 cm³/mol. The van der Waals surface area contributed by atoms with E-state index in [0.29, 0.717) is 0 Å². The minimum Gasteiger partial charge on any atom is -0.390 e. The summed E-state index contributed by atoms with van der Waals surface area (Å²) in [5.41, 5.74) is -0.691. The van der Waals surface area contributed by atoms with Gasteiger partial charge in [0, 0.05) is 0 Å². The number of nitrogens with zero attached hydrogens (tertiary/aromatic N) is 3. The van der Waals surface area contributed by atoms with Gasteiger partial charge >= 0.3 is 6.18 Å². The van der Waals surface area contributed by atoms with Gasteiger partial charge in [-0.2, -0.15) is 23.4 Å². The molecule has 4 nitrogen and oxygen atoms in total. The minimum atomic E-state index is -4.54. The summed E-state index contributed by atoms with van der Waals surface area (Å²) in [7, 11) is 0. The van der Waals surface area contributed by atoms with Crippen LogP contribution in [-0.4, -0.2) is 20.1 Å². The maximum absolute atomic E-state index is 12.6. The Labute approximate surface area is 115 Å². The van der Waals surface area contributed by atoms with E-state index < -0.39 is 11.7 Å². The normalized spacial score (nSPS) is 11.9. The van der Waals surface area contributed by atoms with Crippen molar-refractivity contribution >= 4 is 23.2 Å². The molecule has 1 heterocycles. The molecular formula is C10H6Cl2F3N3O. The second kappa shape index (κ2) is 4.99. The van der Waals surface area contributed by atoms with E-state index in [1.807, 2.05) is 0 Å². The molecule has 0 spiro atoms. The van der Waals surface area contributed by atoms with Gasteiger partial charge in [0.05, 0.1) is 28.4 Å². The van der Waals surface area contributed by atoms with Gasteiger partial charge < -0.3 is 5.11 Å². The smallest absolute Gasteiger partial charge is 0.390 e. The molecule has 0 bridgehead atoms. The third-order valence-electron chi connectivity index (χ3n) is 2.25. The molecule has 0 amide bonds. The van der Waals surface area contributed by atoms with Crippen LogP contribution in [0.25, 0.3) is 5.69 Å². The summed E-state index contributed by atoms with van der Waals surface area (Å²) in [4.78, 5) is 0.969. The fourth-order valence-corrected chi connectivity index (χ4v) is 2.03. The highest BCUT2D eigenvalue weighted by molar-refractivity contribution is 6.37. The number of benzene rings is 1. The first-order valence-electron chi connectivity index (χ1n) is 4.91. The second-order valence-corrected chi connectivity index (χ2v) is 4.38. The molecule has 0 unspecified atom stereocenters. The largest absolute Gasteiger partial charge is 0.416 e. The molecule has 1 aromatic heterocycles. The first-order valence-corrected chi connectivity index (χ1v) is 5.67. The number of rotatable bonds is 2. The lowest BCUT2D eigenvalue weighted by Crippen LogP contribution is -2.08. The summed E-state index contributed by atoms with van der Waals surface area (Å²) in [6.45, 7) is -0.351. The fourth-order valence-electron chi connectivity index (χ4n) is 1.40. The second-order valence-electron chi connectivity index (χ2n) is 3.57. The van der Waals surface area contributed by atoms with Crippen molar-refractivity contribution in [2.24, 2.45) is 0 Å². The Bertz CT molecular complexity index is 589. The Morgan fingerprint density at radius 3 is 2.21 bits per heavy atom. The molecule has 102 valence electrons. The molecule has 0 aliphatic rings. The molecule has 0 aliphatic heterocycles. The summed E-state index contributed by atoms with van der Waals surface area (Å²) < 4.78 is 37.7. The molecule has 9 heteroatoms. The summed E-state index contributed by atoms with van der Waals surface area (Å²) >= 11 is 11.6. The number of hydrogen-bond donors (Lipinski definition) is 1. The van der Waals surface area contributed by atoms with Crippen molar-refractivity contribution in [1.29, 1.82) is 0 Å². The van der Waals surface area contributed by atoms with Crippen LogP contribution >= 0.6 is 23.2 Å². The maximum atomic E-state index is 12.6. The first-order chi connectivity index (χ1) is 8.82. The lowest BCUT2D eigenvalue weighted by atomic mass is 10.2. The van der Waals surface area contributed by atoms with E-state index in [1.54, 1.807) is 0 Å². The van der Waals surface area contributed by atoms with Gasteiger partial charge in [-0.3, -0.25) is 0 Å². The maximum Gasteiger partial charge on any atom is 0.416 e. The summed E-state index contributed by atoms with van der Waals surface area (Å²) in [6, 6.07) is 1.48. The molecule has 0 radical (unpaired) electrons. The number of aliphatic hydroxyl groups excluding tert-OH is 1. The molecule has 0 saturated heterocycles. The third-order valence-corrected chi connectivity index (χ3v) is 2.82. The van der Waals surface area contributed by atoms with Crippen molar-refractivity contribution < 1.29 is 18.3 Å². The average molecular weight is 312 g/mol. The monoisotopic (exact) mass is 311 g/mol. The van der Waals surface area contributed by atoms with E-state index >= 15 is 0 Å². The third kappa shape index (κ3) is 2.83. The number of halogens is 5. The van der Waals surface area contributed by atoms with E-state index in [1.165, 1.54) is 6.20 Å². The molecular weight excluding hydrogens is 306 g/mol. The van der Waals surface area contributed by atoms with Crippen LogP contribution in [0.2, 0.25) is 10.0 Å². The zero-order valence-electron chi connectivity index (χ0n) is 9.12. The van der Waals surface area contributed by atoms with Gasteiger partial charge in [0.15, 0.2) is 0 Å². The van der Waals surface area contributed by atoms with Crippen molar-refractivity contribution in [1.82, 2.24) is 15.0 Å². The highest BCUT2D eigenvalue weighted by atomic mass is 35.5. The van der Waals surface area contributed by atoms with E-state index in [-0.39, 0.29) is 28.0 Å². The van der Waals surface area contributed by atoms with Gasteiger partial charge in [0.1, 0.15) is 11.4 Å². The Balaban J connectivity index is 2.53. The zero-order chi connectivity index (χ0) is 14.2.